The third-order valence-corrected chi connectivity index (χ3v) is 4.55. The first kappa shape index (κ1) is 21.4. The van der Waals surface area contributed by atoms with Gasteiger partial charge in [0.25, 0.3) is 5.91 Å². The van der Waals surface area contributed by atoms with Gasteiger partial charge in [-0.1, -0.05) is 11.6 Å². The Labute approximate surface area is 164 Å². The fourth-order valence-corrected chi connectivity index (χ4v) is 3.11. The maximum absolute atomic E-state index is 12.8. The molecule has 9 heteroatoms. The smallest absolute Gasteiger partial charge is 0.257 e. The molecule has 0 bridgehead atoms. The molecule has 138 valence electrons. The van der Waals surface area contributed by atoms with Gasteiger partial charge in [0.15, 0.2) is 0 Å². The quantitative estimate of drug-likeness (QED) is 0.793. The topological polar surface area (TPSA) is 73.4 Å². The molecule has 3 rings (SSSR count). The number of nitrogens with two attached hydrogens (primary N) is 1. The number of aromatic nitrogens is 2. The Morgan fingerprint density at radius 1 is 1.40 bits per heavy atom. The number of hydrogen-bond acceptors (Lipinski definition) is 4. The van der Waals surface area contributed by atoms with Gasteiger partial charge in [0.05, 0.1) is 29.6 Å². The summed E-state index contributed by atoms with van der Waals surface area (Å²) in [6.07, 6.45) is 4.78. The van der Waals surface area contributed by atoms with E-state index in [0.29, 0.717) is 41.0 Å². The highest BCUT2D eigenvalue weighted by molar-refractivity contribution is 6.33. The molecule has 2 heterocycles. The van der Waals surface area contributed by atoms with Gasteiger partial charge in [-0.2, -0.15) is 5.10 Å². The lowest BCUT2D eigenvalue weighted by Crippen LogP contribution is -2.28. The van der Waals surface area contributed by atoms with Gasteiger partial charge in [-0.15, -0.1) is 24.8 Å². The van der Waals surface area contributed by atoms with Gasteiger partial charge in [-0.05, 0) is 18.1 Å². The van der Waals surface area contributed by atoms with E-state index < -0.39 is 0 Å². The van der Waals surface area contributed by atoms with Crippen LogP contribution in [0.2, 0.25) is 5.02 Å². The van der Waals surface area contributed by atoms with Crippen LogP contribution >= 0.6 is 36.4 Å². The highest BCUT2D eigenvalue weighted by Gasteiger charge is 2.30. The van der Waals surface area contributed by atoms with E-state index in [1.807, 2.05) is 24.3 Å². The SMILES string of the molecule is COc1cc(N)c(Cl)cc1C(=O)N1CCC(c2cnn(C)c2)C1.Cl.Cl. The van der Waals surface area contributed by atoms with Crippen molar-refractivity contribution in [3.05, 3.63) is 40.7 Å². The molecule has 1 amide bonds. The summed E-state index contributed by atoms with van der Waals surface area (Å²) in [5, 5.41) is 4.56. The Kier molecular flexibility index (Phi) is 7.41. The Morgan fingerprint density at radius 2 is 2.12 bits per heavy atom. The van der Waals surface area contributed by atoms with Crippen LogP contribution in [-0.2, 0) is 7.05 Å². The van der Waals surface area contributed by atoms with Crippen LogP contribution in [0.15, 0.2) is 24.5 Å². The van der Waals surface area contributed by atoms with Crippen LogP contribution in [0.3, 0.4) is 0 Å². The molecule has 1 aliphatic heterocycles. The second-order valence-electron chi connectivity index (χ2n) is 5.76. The number of carbonyl (C=O) groups is 1. The van der Waals surface area contributed by atoms with Crippen LogP contribution in [-0.4, -0.2) is 40.8 Å². The number of benzene rings is 1. The summed E-state index contributed by atoms with van der Waals surface area (Å²) in [7, 11) is 3.41. The molecule has 1 aromatic carbocycles. The zero-order valence-electron chi connectivity index (χ0n) is 13.9. The first-order valence-corrected chi connectivity index (χ1v) is 7.78. The minimum Gasteiger partial charge on any atom is -0.496 e. The molecule has 6 nitrogen and oxygen atoms in total. The Hall–Kier alpha value is -1.63. The fraction of sp³-hybridized carbons (Fsp3) is 0.375. The normalized spacial score (nSPS) is 16.1. The lowest BCUT2D eigenvalue weighted by atomic mass is 10.0. The average molecular weight is 408 g/mol. The van der Waals surface area contributed by atoms with Crippen LogP contribution in [0, 0.1) is 0 Å². The van der Waals surface area contributed by atoms with Gasteiger partial charge >= 0.3 is 0 Å². The number of nitrogens with zero attached hydrogens (tertiary/aromatic N) is 3. The van der Waals surface area contributed by atoms with E-state index >= 15 is 0 Å². The van der Waals surface area contributed by atoms with E-state index in [0.717, 1.165) is 12.0 Å². The number of hydrogen-bond donors (Lipinski definition) is 1. The molecule has 1 aromatic heterocycles. The van der Waals surface area contributed by atoms with Crippen molar-refractivity contribution in [1.82, 2.24) is 14.7 Å². The van der Waals surface area contributed by atoms with Crippen LogP contribution in [0.25, 0.3) is 0 Å². The van der Waals surface area contributed by atoms with Crippen molar-refractivity contribution in [3.63, 3.8) is 0 Å². The summed E-state index contributed by atoms with van der Waals surface area (Å²) < 4.78 is 7.06. The minimum atomic E-state index is -0.0878. The number of likely N-dealkylation sites (tertiary alicyclic amines) is 1. The van der Waals surface area contributed by atoms with Gasteiger partial charge in [-0.3, -0.25) is 9.48 Å². The summed E-state index contributed by atoms with van der Waals surface area (Å²) in [5.41, 5.74) is 7.77. The third kappa shape index (κ3) is 4.32. The second-order valence-corrected chi connectivity index (χ2v) is 6.17. The van der Waals surface area contributed by atoms with E-state index in [9.17, 15) is 4.79 Å². The molecular formula is C16H21Cl3N4O2. The monoisotopic (exact) mass is 406 g/mol. The van der Waals surface area contributed by atoms with Crippen molar-refractivity contribution in [2.24, 2.45) is 7.05 Å². The van der Waals surface area contributed by atoms with E-state index in [-0.39, 0.29) is 30.7 Å². The predicted octanol–water partition coefficient (Wildman–Crippen LogP) is 3.14. The van der Waals surface area contributed by atoms with Gasteiger partial charge in [0, 0.05) is 38.3 Å². The molecule has 1 atom stereocenters. The minimum absolute atomic E-state index is 0. The number of nitrogen functional groups attached to an aromatic ring is 1. The van der Waals surface area contributed by atoms with Gasteiger partial charge in [0.1, 0.15) is 5.75 Å². The van der Waals surface area contributed by atoms with Crippen LogP contribution in [0.5, 0.6) is 5.75 Å². The molecule has 2 N–H and O–H groups in total. The van der Waals surface area contributed by atoms with Gasteiger partial charge in [0.2, 0.25) is 0 Å². The van der Waals surface area contributed by atoms with Crippen molar-refractivity contribution in [2.45, 2.75) is 12.3 Å². The molecule has 1 saturated heterocycles. The molecule has 1 aliphatic rings. The highest BCUT2D eigenvalue weighted by Crippen LogP contribution is 2.32. The number of methoxy groups -OCH3 is 1. The molecule has 2 aromatic rings. The number of amides is 1. The molecule has 25 heavy (non-hydrogen) atoms. The maximum Gasteiger partial charge on any atom is 0.257 e. The number of anilines is 1. The molecule has 0 spiro atoms. The molecule has 1 unspecified atom stereocenters. The van der Waals surface area contributed by atoms with Crippen molar-refractivity contribution in [2.75, 3.05) is 25.9 Å². The number of aryl methyl sites for hydroxylation is 1. The first-order valence-electron chi connectivity index (χ1n) is 7.40. The van der Waals surface area contributed by atoms with E-state index in [1.165, 1.54) is 7.11 Å². The van der Waals surface area contributed by atoms with E-state index in [1.54, 1.807) is 16.8 Å². The summed E-state index contributed by atoms with van der Waals surface area (Å²) in [6.45, 7) is 1.36. The molecule has 0 saturated carbocycles. The zero-order chi connectivity index (χ0) is 16.6. The van der Waals surface area contributed by atoms with Crippen molar-refractivity contribution >= 4 is 48.0 Å². The maximum atomic E-state index is 12.8. The predicted molar refractivity (Wildman–Crippen MR) is 103 cm³/mol. The summed E-state index contributed by atoms with van der Waals surface area (Å²) in [6, 6.07) is 3.17. The standard InChI is InChI=1S/C16H19ClN4O2.2ClH/c1-20-8-11(7-19-20)10-3-4-21(9-10)16(22)12-5-13(17)14(18)6-15(12)23-2;;/h5-8,10H,3-4,9,18H2,1-2H3;2*1H. The summed E-state index contributed by atoms with van der Waals surface area (Å²) in [4.78, 5) is 14.6. The highest BCUT2D eigenvalue weighted by atomic mass is 35.5. The van der Waals surface area contributed by atoms with Gasteiger partial charge < -0.3 is 15.4 Å². The number of rotatable bonds is 3. The number of ether oxygens (including phenoxy) is 1. The third-order valence-electron chi connectivity index (χ3n) is 4.22. The number of halogens is 3. The molecule has 0 radical (unpaired) electrons. The molecular weight excluding hydrogens is 387 g/mol. The Bertz CT molecular complexity index is 751. The lowest BCUT2D eigenvalue weighted by Gasteiger charge is -2.18. The average Bonchev–Trinajstić information content (AvgIpc) is 3.17. The second kappa shape index (κ2) is 8.65. The largest absolute Gasteiger partial charge is 0.496 e. The van der Waals surface area contributed by atoms with Crippen LogP contribution < -0.4 is 10.5 Å². The zero-order valence-corrected chi connectivity index (χ0v) is 16.3. The Morgan fingerprint density at radius 3 is 2.72 bits per heavy atom. The first-order chi connectivity index (χ1) is 11.0. The summed E-state index contributed by atoms with van der Waals surface area (Å²) >= 11 is 6.06. The van der Waals surface area contributed by atoms with Crippen molar-refractivity contribution in [1.29, 1.82) is 0 Å². The van der Waals surface area contributed by atoms with Crippen molar-refractivity contribution in [3.8, 4) is 5.75 Å². The van der Waals surface area contributed by atoms with Crippen LogP contribution in [0.1, 0.15) is 28.3 Å². The van der Waals surface area contributed by atoms with Crippen molar-refractivity contribution < 1.29 is 9.53 Å². The van der Waals surface area contributed by atoms with Crippen LogP contribution in [0.4, 0.5) is 5.69 Å². The number of carbonyl (C=O) groups excluding carboxylic acids is 1. The molecule has 0 aliphatic carbocycles. The van der Waals surface area contributed by atoms with E-state index in [4.69, 9.17) is 22.1 Å². The molecule has 1 fully saturated rings. The van der Waals surface area contributed by atoms with E-state index in [2.05, 4.69) is 5.10 Å². The Balaban J connectivity index is 0.00000156. The lowest BCUT2D eigenvalue weighted by molar-refractivity contribution is 0.0787. The fourth-order valence-electron chi connectivity index (χ4n) is 2.94. The summed E-state index contributed by atoms with van der Waals surface area (Å²) in [5.74, 6) is 0.666. The van der Waals surface area contributed by atoms with Gasteiger partial charge in [-0.25, -0.2) is 0 Å².